The summed E-state index contributed by atoms with van der Waals surface area (Å²) in [6.45, 7) is 4.97. The van der Waals surface area contributed by atoms with Crippen molar-refractivity contribution in [2.45, 2.75) is 37.8 Å². The van der Waals surface area contributed by atoms with Crippen LogP contribution in [0.2, 0.25) is 0 Å². The molecule has 0 aromatic heterocycles. The number of ether oxygens (including phenoxy) is 2. The fourth-order valence-electron chi connectivity index (χ4n) is 2.98. The molecular formula is C13H27ClN2O2. The Morgan fingerprint density at radius 2 is 2.22 bits per heavy atom. The van der Waals surface area contributed by atoms with Crippen LogP contribution in [-0.2, 0) is 9.47 Å². The highest BCUT2D eigenvalue weighted by Gasteiger charge is 2.28. The van der Waals surface area contributed by atoms with Gasteiger partial charge < -0.3 is 15.2 Å². The van der Waals surface area contributed by atoms with Crippen molar-refractivity contribution in [3.8, 4) is 0 Å². The largest absolute Gasteiger partial charge is 0.381 e. The van der Waals surface area contributed by atoms with Crippen LogP contribution in [0, 0.1) is 5.92 Å². The molecule has 0 aromatic rings. The van der Waals surface area contributed by atoms with Crippen molar-refractivity contribution >= 4 is 12.4 Å². The van der Waals surface area contributed by atoms with Crippen molar-refractivity contribution in [1.82, 2.24) is 4.90 Å². The van der Waals surface area contributed by atoms with Gasteiger partial charge in [0.05, 0.1) is 6.10 Å². The van der Waals surface area contributed by atoms with E-state index in [-0.39, 0.29) is 12.4 Å². The summed E-state index contributed by atoms with van der Waals surface area (Å²) in [5.74, 6) is 0.772. The third kappa shape index (κ3) is 4.35. The van der Waals surface area contributed by atoms with E-state index in [1.165, 1.54) is 19.4 Å². The van der Waals surface area contributed by atoms with Crippen molar-refractivity contribution < 1.29 is 9.47 Å². The second kappa shape index (κ2) is 8.33. The van der Waals surface area contributed by atoms with E-state index in [9.17, 15) is 0 Å². The molecule has 2 N–H and O–H groups in total. The first kappa shape index (κ1) is 16.2. The first-order valence-corrected chi connectivity index (χ1v) is 6.88. The van der Waals surface area contributed by atoms with E-state index in [1.807, 2.05) is 7.11 Å². The molecule has 4 nitrogen and oxygen atoms in total. The van der Waals surface area contributed by atoms with Gasteiger partial charge in [0.25, 0.3) is 0 Å². The number of piperidine rings is 1. The predicted molar refractivity (Wildman–Crippen MR) is 75.2 cm³/mol. The summed E-state index contributed by atoms with van der Waals surface area (Å²) < 4.78 is 10.9. The normalized spacial score (nSPS) is 33.3. The standard InChI is InChI=1S/C13H26N2O2.ClH/c1-16-13-3-6-15(12(8-13)9-14)5-2-11-4-7-17-10-11;/h11-13H,2-10,14H2,1H3;1H. The van der Waals surface area contributed by atoms with Crippen molar-refractivity contribution in [2.24, 2.45) is 11.7 Å². The molecule has 5 heteroatoms. The highest BCUT2D eigenvalue weighted by atomic mass is 35.5. The second-order valence-electron chi connectivity index (χ2n) is 5.33. The van der Waals surface area contributed by atoms with Gasteiger partial charge in [-0.2, -0.15) is 0 Å². The number of hydrogen-bond donors (Lipinski definition) is 1. The van der Waals surface area contributed by atoms with Crippen LogP contribution < -0.4 is 5.73 Å². The second-order valence-corrected chi connectivity index (χ2v) is 5.33. The van der Waals surface area contributed by atoms with E-state index >= 15 is 0 Å². The summed E-state index contributed by atoms with van der Waals surface area (Å²) in [6.07, 6.45) is 5.15. The van der Waals surface area contributed by atoms with Crippen molar-refractivity contribution in [1.29, 1.82) is 0 Å². The molecule has 18 heavy (non-hydrogen) atoms. The number of likely N-dealkylation sites (tertiary alicyclic amines) is 1. The van der Waals surface area contributed by atoms with Gasteiger partial charge in [-0.1, -0.05) is 0 Å². The molecule has 0 saturated carbocycles. The maximum absolute atomic E-state index is 5.87. The third-order valence-corrected chi connectivity index (χ3v) is 4.24. The smallest absolute Gasteiger partial charge is 0.0599 e. The Morgan fingerprint density at radius 1 is 1.39 bits per heavy atom. The van der Waals surface area contributed by atoms with Crippen LogP contribution in [-0.4, -0.2) is 57.0 Å². The fourth-order valence-corrected chi connectivity index (χ4v) is 2.98. The molecule has 0 aliphatic carbocycles. The van der Waals surface area contributed by atoms with Crippen LogP contribution in [0.25, 0.3) is 0 Å². The Bertz CT molecular complexity index is 225. The quantitative estimate of drug-likeness (QED) is 0.823. The molecule has 0 bridgehead atoms. The van der Waals surface area contributed by atoms with Crippen LogP contribution in [0.4, 0.5) is 0 Å². The van der Waals surface area contributed by atoms with Gasteiger partial charge in [0, 0.05) is 39.5 Å². The van der Waals surface area contributed by atoms with Gasteiger partial charge in [0.1, 0.15) is 0 Å². The molecular weight excluding hydrogens is 252 g/mol. The first-order valence-electron chi connectivity index (χ1n) is 6.88. The van der Waals surface area contributed by atoms with E-state index < -0.39 is 0 Å². The monoisotopic (exact) mass is 278 g/mol. The SMILES string of the molecule is COC1CCN(CCC2CCOC2)C(CN)C1.Cl. The van der Waals surface area contributed by atoms with Crippen LogP contribution in [0.1, 0.15) is 25.7 Å². The summed E-state index contributed by atoms with van der Waals surface area (Å²) in [4.78, 5) is 2.55. The Kier molecular flexibility index (Phi) is 7.49. The molecule has 2 aliphatic rings. The maximum Gasteiger partial charge on any atom is 0.0599 e. The highest BCUT2D eigenvalue weighted by Crippen LogP contribution is 2.22. The van der Waals surface area contributed by atoms with Gasteiger partial charge in [-0.3, -0.25) is 4.90 Å². The molecule has 0 amide bonds. The van der Waals surface area contributed by atoms with E-state index in [1.54, 1.807) is 0 Å². The highest BCUT2D eigenvalue weighted by molar-refractivity contribution is 5.85. The average Bonchev–Trinajstić information content (AvgIpc) is 2.89. The maximum atomic E-state index is 5.87. The molecule has 2 fully saturated rings. The summed E-state index contributed by atoms with van der Waals surface area (Å²) in [7, 11) is 1.81. The van der Waals surface area contributed by atoms with E-state index in [4.69, 9.17) is 15.2 Å². The lowest BCUT2D eigenvalue weighted by Gasteiger charge is -2.38. The van der Waals surface area contributed by atoms with Crippen molar-refractivity contribution in [3.05, 3.63) is 0 Å². The van der Waals surface area contributed by atoms with Gasteiger partial charge >= 0.3 is 0 Å². The number of hydrogen-bond acceptors (Lipinski definition) is 4. The van der Waals surface area contributed by atoms with Crippen LogP contribution in [0.5, 0.6) is 0 Å². The zero-order valence-electron chi connectivity index (χ0n) is 11.3. The van der Waals surface area contributed by atoms with Crippen LogP contribution in [0.3, 0.4) is 0 Å². The van der Waals surface area contributed by atoms with Gasteiger partial charge in [0.2, 0.25) is 0 Å². The van der Waals surface area contributed by atoms with Crippen LogP contribution in [0.15, 0.2) is 0 Å². The van der Waals surface area contributed by atoms with Gasteiger partial charge in [0.15, 0.2) is 0 Å². The van der Waals surface area contributed by atoms with Crippen molar-refractivity contribution in [3.63, 3.8) is 0 Å². The molecule has 2 saturated heterocycles. The fraction of sp³-hybridized carbons (Fsp3) is 1.00. The minimum Gasteiger partial charge on any atom is -0.381 e. The van der Waals surface area contributed by atoms with E-state index in [2.05, 4.69) is 4.90 Å². The zero-order valence-corrected chi connectivity index (χ0v) is 12.2. The van der Waals surface area contributed by atoms with Gasteiger partial charge in [-0.15, -0.1) is 12.4 Å². The third-order valence-electron chi connectivity index (χ3n) is 4.24. The summed E-state index contributed by atoms with van der Waals surface area (Å²) in [6, 6.07) is 0.510. The molecule has 0 radical (unpaired) electrons. The topological polar surface area (TPSA) is 47.7 Å². The van der Waals surface area contributed by atoms with Gasteiger partial charge in [-0.05, 0) is 38.1 Å². The summed E-state index contributed by atoms with van der Waals surface area (Å²) in [5.41, 5.74) is 5.87. The molecule has 2 aliphatic heterocycles. The summed E-state index contributed by atoms with van der Waals surface area (Å²) >= 11 is 0. The van der Waals surface area contributed by atoms with E-state index in [0.717, 1.165) is 45.1 Å². The number of methoxy groups -OCH3 is 1. The van der Waals surface area contributed by atoms with Crippen molar-refractivity contribution in [2.75, 3.05) is 40.0 Å². The minimum atomic E-state index is 0. The number of nitrogens with two attached hydrogens (primary N) is 1. The first-order chi connectivity index (χ1) is 8.33. The Hall–Kier alpha value is 0.130. The molecule has 2 rings (SSSR count). The van der Waals surface area contributed by atoms with Crippen LogP contribution >= 0.6 is 12.4 Å². The molecule has 2 heterocycles. The Balaban J connectivity index is 0.00000162. The minimum absolute atomic E-state index is 0. The average molecular weight is 279 g/mol. The van der Waals surface area contributed by atoms with Gasteiger partial charge in [-0.25, -0.2) is 0 Å². The lowest BCUT2D eigenvalue weighted by atomic mass is 9.97. The number of rotatable bonds is 5. The molecule has 108 valence electrons. The number of halogens is 1. The predicted octanol–water partition coefficient (Wildman–Crippen LogP) is 1.27. The molecule has 0 spiro atoms. The molecule has 3 atom stereocenters. The Labute approximate surface area is 117 Å². The lowest BCUT2D eigenvalue weighted by molar-refractivity contribution is 0.0113. The lowest BCUT2D eigenvalue weighted by Crippen LogP contribution is -2.49. The molecule has 3 unspecified atom stereocenters. The zero-order chi connectivity index (χ0) is 12.1. The summed E-state index contributed by atoms with van der Waals surface area (Å²) in [5, 5.41) is 0. The Morgan fingerprint density at radius 3 is 2.83 bits per heavy atom. The van der Waals surface area contributed by atoms with E-state index in [0.29, 0.717) is 12.1 Å². The number of nitrogens with zero attached hydrogens (tertiary/aromatic N) is 1. The molecule has 0 aromatic carbocycles.